The summed E-state index contributed by atoms with van der Waals surface area (Å²) in [7, 11) is 1.59. The fourth-order valence-corrected chi connectivity index (χ4v) is 3.50. The SMILES string of the molecule is COc1cnnc(-c2cccc(CNCCc3nn(-c4ccc5c(n4)NC(=O)CO5)c(=O)o3)c2)c1. The lowest BCUT2D eigenvalue weighted by molar-refractivity contribution is -0.118. The molecule has 35 heavy (non-hydrogen) atoms. The number of benzene rings is 1. The van der Waals surface area contributed by atoms with Crippen molar-refractivity contribution < 1.29 is 18.7 Å². The number of methoxy groups -OCH3 is 1. The van der Waals surface area contributed by atoms with Crippen LogP contribution in [0.15, 0.2) is 57.9 Å². The average molecular weight is 475 g/mol. The molecule has 1 aliphatic heterocycles. The van der Waals surface area contributed by atoms with Crippen LogP contribution in [0.25, 0.3) is 17.1 Å². The Morgan fingerprint density at radius 1 is 1.20 bits per heavy atom. The molecule has 12 heteroatoms. The van der Waals surface area contributed by atoms with Crippen molar-refractivity contribution in [3.8, 4) is 28.6 Å². The predicted octanol–water partition coefficient (Wildman–Crippen LogP) is 1.35. The average Bonchev–Trinajstić information content (AvgIpc) is 3.26. The molecule has 12 nitrogen and oxygen atoms in total. The van der Waals surface area contributed by atoms with Crippen molar-refractivity contribution in [2.45, 2.75) is 13.0 Å². The number of nitrogens with one attached hydrogen (secondary N) is 2. The lowest BCUT2D eigenvalue weighted by Crippen LogP contribution is -2.27. The van der Waals surface area contributed by atoms with Gasteiger partial charge in [-0.15, -0.1) is 9.78 Å². The second-order valence-electron chi connectivity index (χ2n) is 7.63. The molecule has 0 unspecified atom stereocenters. The summed E-state index contributed by atoms with van der Waals surface area (Å²) < 4.78 is 16.8. The largest absolute Gasteiger partial charge is 0.495 e. The minimum atomic E-state index is -0.664. The lowest BCUT2D eigenvalue weighted by Gasteiger charge is -2.16. The second kappa shape index (κ2) is 9.73. The summed E-state index contributed by atoms with van der Waals surface area (Å²) in [5.74, 6) is 0.813. The first-order valence-electron chi connectivity index (χ1n) is 10.8. The number of aromatic nitrogens is 5. The summed E-state index contributed by atoms with van der Waals surface area (Å²) in [4.78, 5) is 28.0. The maximum Gasteiger partial charge on any atom is 0.443 e. The van der Waals surface area contributed by atoms with E-state index >= 15 is 0 Å². The molecule has 0 atom stereocenters. The quantitative estimate of drug-likeness (QED) is 0.358. The summed E-state index contributed by atoms with van der Waals surface area (Å²) >= 11 is 0. The van der Waals surface area contributed by atoms with Crippen molar-refractivity contribution in [2.75, 3.05) is 25.6 Å². The van der Waals surface area contributed by atoms with E-state index in [1.54, 1.807) is 25.4 Å². The summed E-state index contributed by atoms with van der Waals surface area (Å²) in [5, 5.41) is 18.3. The second-order valence-corrected chi connectivity index (χ2v) is 7.63. The molecular formula is C23H21N7O5. The number of anilines is 1. The topological polar surface area (TPSA) is 146 Å². The molecule has 3 aromatic heterocycles. The van der Waals surface area contributed by atoms with E-state index in [0.29, 0.717) is 31.0 Å². The monoisotopic (exact) mass is 475 g/mol. The number of nitrogens with zero attached hydrogens (tertiary/aromatic N) is 5. The van der Waals surface area contributed by atoms with Crippen molar-refractivity contribution >= 4 is 11.7 Å². The molecule has 0 fully saturated rings. The van der Waals surface area contributed by atoms with Crippen LogP contribution in [0.2, 0.25) is 0 Å². The standard InChI is InChI=1S/C23H21N7O5/c1-33-16-10-17(28-25-12-16)15-4-2-3-14(9-15)11-24-8-7-21-29-30(23(32)35-21)19-6-5-18-22(26-19)27-20(31)13-34-18/h2-6,9-10,12,24H,7-8,11,13H2,1H3,(H,26,27,31). The Bertz CT molecular complexity index is 1430. The Morgan fingerprint density at radius 2 is 2.11 bits per heavy atom. The lowest BCUT2D eigenvalue weighted by atomic mass is 10.1. The van der Waals surface area contributed by atoms with Crippen molar-refractivity contribution in [2.24, 2.45) is 0 Å². The highest BCUT2D eigenvalue weighted by molar-refractivity contribution is 5.94. The highest BCUT2D eigenvalue weighted by Crippen LogP contribution is 2.26. The van der Waals surface area contributed by atoms with Crippen molar-refractivity contribution in [1.29, 1.82) is 0 Å². The van der Waals surface area contributed by atoms with Crippen LogP contribution >= 0.6 is 0 Å². The zero-order valence-corrected chi connectivity index (χ0v) is 18.7. The van der Waals surface area contributed by atoms with Gasteiger partial charge in [0.05, 0.1) is 19.0 Å². The third kappa shape index (κ3) is 5.01. The normalized spacial score (nSPS) is 12.5. The van der Waals surface area contributed by atoms with Gasteiger partial charge >= 0.3 is 5.76 Å². The molecule has 0 aliphatic carbocycles. The molecule has 0 saturated carbocycles. The Morgan fingerprint density at radius 3 is 3.00 bits per heavy atom. The number of carbonyl (C=O) groups is 1. The van der Waals surface area contributed by atoms with E-state index in [2.05, 4.69) is 30.9 Å². The Hall–Kier alpha value is -4.58. The molecular weight excluding hydrogens is 454 g/mol. The fraction of sp³-hybridized carbons (Fsp3) is 0.217. The summed E-state index contributed by atoms with van der Waals surface area (Å²) in [5.41, 5.74) is 2.71. The first kappa shape index (κ1) is 22.2. The zero-order valence-electron chi connectivity index (χ0n) is 18.7. The van der Waals surface area contributed by atoms with Crippen LogP contribution in [0, 0.1) is 0 Å². The number of carbonyl (C=O) groups excluding carboxylic acids is 1. The predicted molar refractivity (Wildman–Crippen MR) is 123 cm³/mol. The molecule has 1 aliphatic rings. The summed E-state index contributed by atoms with van der Waals surface area (Å²) in [6.45, 7) is 1.06. The number of ether oxygens (including phenoxy) is 2. The molecule has 178 valence electrons. The van der Waals surface area contributed by atoms with Gasteiger partial charge in [0.15, 0.2) is 24.0 Å². The number of amides is 1. The van der Waals surface area contributed by atoms with Crippen LogP contribution in [0.4, 0.5) is 5.82 Å². The first-order valence-corrected chi connectivity index (χ1v) is 10.8. The maximum absolute atomic E-state index is 12.3. The number of fused-ring (bicyclic) bond motifs is 1. The molecule has 2 N–H and O–H groups in total. The van der Waals surface area contributed by atoms with Gasteiger partial charge < -0.3 is 24.5 Å². The molecule has 0 radical (unpaired) electrons. The van der Waals surface area contributed by atoms with E-state index in [1.807, 2.05) is 30.3 Å². The first-order chi connectivity index (χ1) is 17.1. The van der Waals surface area contributed by atoms with E-state index in [4.69, 9.17) is 13.9 Å². The van der Waals surface area contributed by atoms with E-state index in [-0.39, 0.29) is 30.0 Å². The number of pyridine rings is 1. The van der Waals surface area contributed by atoms with Gasteiger partial charge in [0.1, 0.15) is 5.75 Å². The maximum atomic E-state index is 12.3. The molecule has 0 spiro atoms. The van der Waals surface area contributed by atoms with Crippen molar-refractivity contribution in [1.82, 2.24) is 30.3 Å². The van der Waals surface area contributed by atoms with Crippen molar-refractivity contribution in [3.05, 3.63) is 70.7 Å². The minimum Gasteiger partial charge on any atom is -0.495 e. The smallest absolute Gasteiger partial charge is 0.443 e. The third-order valence-corrected chi connectivity index (χ3v) is 5.20. The van der Waals surface area contributed by atoms with Gasteiger partial charge in [-0.25, -0.2) is 9.78 Å². The van der Waals surface area contributed by atoms with E-state index in [9.17, 15) is 9.59 Å². The van der Waals surface area contributed by atoms with Crippen LogP contribution < -0.4 is 25.9 Å². The molecule has 4 heterocycles. The van der Waals surface area contributed by atoms with Crippen LogP contribution in [0.1, 0.15) is 11.5 Å². The Kier molecular flexibility index (Phi) is 6.18. The Labute approximate surface area is 198 Å². The van der Waals surface area contributed by atoms with Gasteiger partial charge in [-0.05, 0) is 23.8 Å². The summed E-state index contributed by atoms with van der Waals surface area (Å²) in [6, 6.07) is 13.0. The molecule has 5 rings (SSSR count). The Balaban J connectivity index is 1.20. The van der Waals surface area contributed by atoms with Gasteiger partial charge in [-0.2, -0.15) is 10.2 Å². The van der Waals surface area contributed by atoms with Crippen LogP contribution in [0.5, 0.6) is 11.5 Å². The highest BCUT2D eigenvalue weighted by atomic mass is 16.5. The van der Waals surface area contributed by atoms with Gasteiger partial charge in [-0.3, -0.25) is 4.79 Å². The molecule has 1 aromatic carbocycles. The van der Waals surface area contributed by atoms with Crippen LogP contribution in [-0.2, 0) is 17.8 Å². The van der Waals surface area contributed by atoms with E-state index in [1.165, 1.54) is 0 Å². The van der Waals surface area contributed by atoms with Crippen molar-refractivity contribution in [3.63, 3.8) is 0 Å². The van der Waals surface area contributed by atoms with Gasteiger partial charge in [0.2, 0.25) is 5.89 Å². The van der Waals surface area contributed by atoms with Gasteiger partial charge in [0.25, 0.3) is 5.91 Å². The number of hydrogen-bond donors (Lipinski definition) is 2. The highest BCUT2D eigenvalue weighted by Gasteiger charge is 2.19. The molecule has 0 saturated heterocycles. The van der Waals surface area contributed by atoms with E-state index in [0.717, 1.165) is 21.5 Å². The van der Waals surface area contributed by atoms with Gasteiger partial charge in [-0.1, -0.05) is 18.2 Å². The molecule has 1 amide bonds. The number of hydrogen-bond acceptors (Lipinski definition) is 10. The summed E-state index contributed by atoms with van der Waals surface area (Å²) in [6.07, 6.45) is 1.95. The zero-order chi connectivity index (χ0) is 24.2. The minimum absolute atomic E-state index is 0.0749. The van der Waals surface area contributed by atoms with E-state index < -0.39 is 5.76 Å². The third-order valence-electron chi connectivity index (χ3n) is 5.20. The molecule has 0 bridgehead atoms. The fourth-order valence-electron chi connectivity index (χ4n) is 3.50. The van der Waals surface area contributed by atoms with Crippen LogP contribution in [-0.4, -0.2) is 51.1 Å². The van der Waals surface area contributed by atoms with Crippen LogP contribution in [0.3, 0.4) is 0 Å². The molecule has 4 aromatic rings. The van der Waals surface area contributed by atoms with Gasteiger partial charge in [0, 0.05) is 31.1 Å². The number of rotatable bonds is 8.